The first-order chi connectivity index (χ1) is 12.7. The van der Waals surface area contributed by atoms with Gasteiger partial charge in [-0.3, -0.25) is 10.2 Å². The Bertz CT molecular complexity index is 754. The Morgan fingerprint density at radius 2 is 2.27 bits per heavy atom. The Labute approximate surface area is 157 Å². The van der Waals surface area contributed by atoms with Gasteiger partial charge in [0.05, 0.1) is 31.0 Å². The zero-order chi connectivity index (χ0) is 18.2. The quantitative estimate of drug-likeness (QED) is 0.430. The number of benzene rings is 1. The fourth-order valence-corrected chi connectivity index (χ4v) is 3.49. The van der Waals surface area contributed by atoms with Crippen molar-refractivity contribution in [1.29, 1.82) is 0 Å². The van der Waals surface area contributed by atoms with Gasteiger partial charge in [0.2, 0.25) is 5.13 Å². The van der Waals surface area contributed by atoms with Crippen LogP contribution in [0, 0.1) is 0 Å². The predicted molar refractivity (Wildman–Crippen MR) is 103 cm³/mol. The minimum Gasteiger partial charge on any atom is -0.490 e. The van der Waals surface area contributed by atoms with Gasteiger partial charge in [-0.15, -0.1) is 11.3 Å². The molecule has 26 heavy (non-hydrogen) atoms. The van der Waals surface area contributed by atoms with Crippen molar-refractivity contribution in [3.63, 3.8) is 0 Å². The molecule has 1 aromatic heterocycles. The van der Waals surface area contributed by atoms with E-state index in [-0.39, 0.29) is 12.4 Å². The summed E-state index contributed by atoms with van der Waals surface area (Å²) in [6, 6.07) is 7.90. The molecule has 1 aliphatic carbocycles. The summed E-state index contributed by atoms with van der Waals surface area (Å²) < 4.78 is 10.9. The Balaban J connectivity index is 1.52. The number of anilines is 1. The van der Waals surface area contributed by atoms with E-state index in [2.05, 4.69) is 15.5 Å². The van der Waals surface area contributed by atoms with E-state index >= 15 is 0 Å². The molecule has 1 saturated carbocycles. The first kappa shape index (κ1) is 18.4. The number of esters is 1. The second-order valence-electron chi connectivity index (χ2n) is 6.09. The van der Waals surface area contributed by atoms with Crippen LogP contribution in [0.1, 0.15) is 43.9 Å². The van der Waals surface area contributed by atoms with Crippen molar-refractivity contribution in [2.75, 3.05) is 12.0 Å². The Morgan fingerprint density at radius 3 is 3.08 bits per heavy atom. The molecule has 0 radical (unpaired) electrons. The third kappa shape index (κ3) is 5.56. The number of carbonyl (C=O) groups is 1. The molecule has 138 valence electrons. The van der Waals surface area contributed by atoms with E-state index in [0.29, 0.717) is 23.5 Å². The van der Waals surface area contributed by atoms with Crippen LogP contribution in [-0.2, 0) is 16.0 Å². The minimum atomic E-state index is -0.271. The largest absolute Gasteiger partial charge is 0.490 e. The van der Waals surface area contributed by atoms with Gasteiger partial charge in [0.15, 0.2) is 0 Å². The summed E-state index contributed by atoms with van der Waals surface area (Å²) in [6.07, 6.45) is 7.03. The van der Waals surface area contributed by atoms with Gasteiger partial charge in [0.1, 0.15) is 5.75 Å². The number of thiazole rings is 1. The average Bonchev–Trinajstić information content (AvgIpc) is 3.28. The van der Waals surface area contributed by atoms with Gasteiger partial charge in [0.25, 0.3) is 0 Å². The summed E-state index contributed by atoms with van der Waals surface area (Å²) in [7, 11) is 0. The minimum absolute atomic E-state index is 0.177. The number of carbonyl (C=O) groups excluding carboxylic acids is 1. The SMILES string of the molecule is CCOC(=O)Cc1csc(NN=Cc2cccc(OC3CCCC3)c2)n1. The van der Waals surface area contributed by atoms with Crippen molar-refractivity contribution in [1.82, 2.24) is 4.98 Å². The summed E-state index contributed by atoms with van der Waals surface area (Å²) in [5.41, 5.74) is 4.53. The lowest BCUT2D eigenvalue weighted by Crippen LogP contribution is -2.10. The molecule has 7 heteroatoms. The molecule has 1 aromatic carbocycles. The monoisotopic (exact) mass is 373 g/mol. The molecular weight excluding hydrogens is 350 g/mol. The van der Waals surface area contributed by atoms with E-state index in [0.717, 1.165) is 24.2 Å². The van der Waals surface area contributed by atoms with Crippen LogP contribution < -0.4 is 10.2 Å². The van der Waals surface area contributed by atoms with Gasteiger partial charge in [-0.2, -0.15) is 5.10 Å². The molecule has 6 nitrogen and oxygen atoms in total. The van der Waals surface area contributed by atoms with E-state index in [1.54, 1.807) is 13.1 Å². The number of nitrogens with one attached hydrogen (secondary N) is 1. The molecule has 0 amide bonds. The van der Waals surface area contributed by atoms with Crippen LogP contribution in [0.15, 0.2) is 34.7 Å². The molecule has 1 N–H and O–H groups in total. The first-order valence-corrected chi connectivity index (χ1v) is 9.76. The van der Waals surface area contributed by atoms with Gasteiger partial charge in [0, 0.05) is 5.38 Å². The Kier molecular flexibility index (Phi) is 6.60. The first-order valence-electron chi connectivity index (χ1n) is 8.89. The van der Waals surface area contributed by atoms with Crippen LogP contribution in [0.25, 0.3) is 0 Å². The van der Waals surface area contributed by atoms with Gasteiger partial charge in [-0.05, 0) is 50.3 Å². The lowest BCUT2D eigenvalue weighted by atomic mass is 10.2. The highest BCUT2D eigenvalue weighted by molar-refractivity contribution is 7.13. The number of hydrogen-bond acceptors (Lipinski definition) is 7. The summed E-state index contributed by atoms with van der Waals surface area (Å²) in [5.74, 6) is 0.610. The van der Waals surface area contributed by atoms with Gasteiger partial charge in [-0.25, -0.2) is 4.98 Å². The number of hydrazone groups is 1. The van der Waals surface area contributed by atoms with Crippen LogP contribution in [0.2, 0.25) is 0 Å². The third-order valence-electron chi connectivity index (χ3n) is 4.02. The molecule has 0 spiro atoms. The number of nitrogens with zero attached hydrogens (tertiary/aromatic N) is 2. The van der Waals surface area contributed by atoms with Crippen LogP contribution in [0.5, 0.6) is 5.75 Å². The maximum Gasteiger partial charge on any atom is 0.311 e. The zero-order valence-corrected chi connectivity index (χ0v) is 15.6. The molecule has 0 unspecified atom stereocenters. The Hall–Kier alpha value is -2.41. The maximum absolute atomic E-state index is 11.5. The third-order valence-corrected chi connectivity index (χ3v) is 4.82. The standard InChI is InChI=1S/C19H23N3O3S/c1-2-24-18(23)11-15-13-26-19(21-15)22-20-12-14-6-5-9-17(10-14)25-16-7-3-4-8-16/h5-6,9-10,12-13,16H,2-4,7-8,11H2,1H3,(H,21,22). The fraction of sp³-hybridized carbons (Fsp3) is 0.421. The highest BCUT2D eigenvalue weighted by Gasteiger charge is 2.16. The molecule has 1 aliphatic rings. The van der Waals surface area contributed by atoms with E-state index in [1.165, 1.54) is 24.2 Å². The van der Waals surface area contributed by atoms with Crippen LogP contribution in [0.3, 0.4) is 0 Å². The highest BCUT2D eigenvalue weighted by atomic mass is 32.1. The molecule has 0 aliphatic heterocycles. The molecule has 0 atom stereocenters. The average molecular weight is 373 g/mol. The van der Waals surface area contributed by atoms with Crippen molar-refractivity contribution < 1.29 is 14.3 Å². The van der Waals surface area contributed by atoms with Crippen molar-refractivity contribution >= 4 is 28.7 Å². The molecule has 1 heterocycles. The molecular formula is C19H23N3O3S. The second-order valence-corrected chi connectivity index (χ2v) is 6.95. The predicted octanol–water partition coefficient (Wildman–Crippen LogP) is 4.02. The van der Waals surface area contributed by atoms with Gasteiger partial charge >= 0.3 is 5.97 Å². The smallest absolute Gasteiger partial charge is 0.311 e. The summed E-state index contributed by atoms with van der Waals surface area (Å²) in [5, 5.41) is 6.68. The van der Waals surface area contributed by atoms with Crippen molar-refractivity contribution in [2.24, 2.45) is 5.10 Å². The summed E-state index contributed by atoms with van der Waals surface area (Å²) in [4.78, 5) is 15.8. The molecule has 3 rings (SSSR count). The summed E-state index contributed by atoms with van der Waals surface area (Å²) >= 11 is 1.40. The number of rotatable bonds is 8. The number of hydrogen-bond donors (Lipinski definition) is 1. The van der Waals surface area contributed by atoms with Crippen LogP contribution in [-0.4, -0.2) is 29.9 Å². The molecule has 2 aromatic rings. The normalized spacial score (nSPS) is 14.7. The van der Waals surface area contributed by atoms with Gasteiger partial charge in [-0.1, -0.05) is 12.1 Å². The second kappa shape index (κ2) is 9.33. The highest BCUT2D eigenvalue weighted by Crippen LogP contribution is 2.24. The van der Waals surface area contributed by atoms with Crippen LogP contribution in [0.4, 0.5) is 5.13 Å². The van der Waals surface area contributed by atoms with E-state index < -0.39 is 0 Å². The van der Waals surface area contributed by atoms with Crippen molar-refractivity contribution in [2.45, 2.75) is 45.1 Å². The van der Waals surface area contributed by atoms with Crippen LogP contribution >= 0.6 is 11.3 Å². The summed E-state index contributed by atoms with van der Waals surface area (Å²) in [6.45, 7) is 2.16. The maximum atomic E-state index is 11.5. The molecule has 1 fully saturated rings. The topological polar surface area (TPSA) is 72.8 Å². The van der Waals surface area contributed by atoms with E-state index in [9.17, 15) is 4.79 Å². The lowest BCUT2D eigenvalue weighted by Gasteiger charge is -2.13. The van der Waals surface area contributed by atoms with Crippen molar-refractivity contribution in [3.8, 4) is 5.75 Å². The van der Waals surface area contributed by atoms with Gasteiger partial charge < -0.3 is 9.47 Å². The number of ether oxygens (including phenoxy) is 2. The number of aromatic nitrogens is 1. The zero-order valence-electron chi connectivity index (χ0n) is 14.8. The van der Waals surface area contributed by atoms with E-state index in [1.807, 2.05) is 29.6 Å². The fourth-order valence-electron chi connectivity index (χ4n) is 2.83. The molecule has 0 saturated heterocycles. The Morgan fingerprint density at radius 1 is 1.42 bits per heavy atom. The van der Waals surface area contributed by atoms with Crippen molar-refractivity contribution in [3.05, 3.63) is 40.9 Å². The lowest BCUT2D eigenvalue weighted by molar-refractivity contribution is -0.142. The van der Waals surface area contributed by atoms with E-state index in [4.69, 9.17) is 9.47 Å². The molecule has 0 bridgehead atoms.